The molecule has 0 unspecified atom stereocenters. The van der Waals surface area contributed by atoms with E-state index in [0.29, 0.717) is 19.8 Å². The van der Waals surface area contributed by atoms with Gasteiger partial charge in [0, 0.05) is 32.3 Å². The molecule has 4 rings (SSSR count). The van der Waals surface area contributed by atoms with Gasteiger partial charge in [-0.2, -0.15) is 5.10 Å². The lowest BCUT2D eigenvalue weighted by Crippen LogP contribution is -2.51. The van der Waals surface area contributed by atoms with Crippen LogP contribution in [0.3, 0.4) is 0 Å². The first-order chi connectivity index (χ1) is 15.6. The van der Waals surface area contributed by atoms with Crippen LogP contribution in [0.2, 0.25) is 0 Å². The van der Waals surface area contributed by atoms with Crippen LogP contribution in [0.4, 0.5) is 0 Å². The monoisotopic (exact) mass is 435 g/mol. The van der Waals surface area contributed by atoms with Crippen molar-refractivity contribution in [3.05, 3.63) is 78.1 Å². The maximum atomic E-state index is 11.1. The zero-order valence-corrected chi connectivity index (χ0v) is 18.8. The van der Waals surface area contributed by atoms with E-state index in [1.165, 1.54) is 11.1 Å². The third-order valence-electron chi connectivity index (χ3n) is 5.75. The molecule has 6 nitrogen and oxygen atoms in total. The van der Waals surface area contributed by atoms with Gasteiger partial charge in [-0.25, -0.2) is 0 Å². The summed E-state index contributed by atoms with van der Waals surface area (Å²) in [4.78, 5) is 2.30. The second kappa shape index (κ2) is 10.7. The van der Waals surface area contributed by atoms with Gasteiger partial charge in [0.15, 0.2) is 0 Å². The number of likely N-dealkylation sites (tertiary alicyclic amines) is 1. The van der Waals surface area contributed by atoms with Gasteiger partial charge in [0.2, 0.25) is 0 Å². The molecular formula is C26H33N3O3. The first-order valence-corrected chi connectivity index (χ1v) is 11.4. The minimum Gasteiger partial charge on any atom is -0.494 e. The second-order valence-electron chi connectivity index (χ2n) is 8.77. The highest BCUT2D eigenvalue weighted by atomic mass is 16.5. The predicted molar refractivity (Wildman–Crippen MR) is 125 cm³/mol. The Morgan fingerprint density at radius 3 is 2.72 bits per heavy atom. The number of aliphatic hydroxyl groups is 1. The summed E-state index contributed by atoms with van der Waals surface area (Å²) < 4.78 is 13.8. The number of hydrogen-bond acceptors (Lipinski definition) is 5. The predicted octanol–water partition coefficient (Wildman–Crippen LogP) is 4.07. The molecule has 0 amide bonds. The van der Waals surface area contributed by atoms with Crippen LogP contribution in [-0.2, 0) is 13.1 Å². The molecule has 1 saturated heterocycles. The number of aromatic nitrogens is 2. The number of para-hydroxylation sites is 1. The average molecular weight is 436 g/mol. The molecule has 170 valence electrons. The van der Waals surface area contributed by atoms with Crippen molar-refractivity contribution in [2.24, 2.45) is 0 Å². The van der Waals surface area contributed by atoms with Crippen LogP contribution in [0.25, 0.3) is 0 Å². The normalized spacial score (nSPS) is 19.1. The van der Waals surface area contributed by atoms with Gasteiger partial charge in [-0.1, -0.05) is 30.3 Å². The molecule has 1 aliphatic rings. The van der Waals surface area contributed by atoms with Gasteiger partial charge in [0.05, 0.1) is 12.8 Å². The van der Waals surface area contributed by atoms with Crippen LogP contribution in [0.1, 0.15) is 30.4 Å². The van der Waals surface area contributed by atoms with Gasteiger partial charge in [-0.3, -0.25) is 9.58 Å². The second-order valence-corrected chi connectivity index (χ2v) is 8.77. The van der Waals surface area contributed by atoms with E-state index in [1.807, 2.05) is 66.5 Å². The summed E-state index contributed by atoms with van der Waals surface area (Å²) in [6, 6.07) is 18.0. The van der Waals surface area contributed by atoms with Gasteiger partial charge in [0.1, 0.15) is 23.7 Å². The van der Waals surface area contributed by atoms with Crippen molar-refractivity contribution in [2.45, 2.75) is 44.9 Å². The molecule has 0 aliphatic carbocycles. The van der Waals surface area contributed by atoms with E-state index in [0.717, 1.165) is 50.4 Å². The quantitative estimate of drug-likeness (QED) is 0.487. The van der Waals surface area contributed by atoms with E-state index in [1.54, 1.807) is 0 Å². The van der Waals surface area contributed by atoms with Gasteiger partial charge in [-0.15, -0.1) is 0 Å². The number of aryl methyl sites for hydroxylation is 2. The van der Waals surface area contributed by atoms with Gasteiger partial charge in [-0.05, 0) is 61.7 Å². The molecule has 1 aromatic heterocycles. The summed E-state index contributed by atoms with van der Waals surface area (Å²) in [5, 5.41) is 15.4. The summed E-state index contributed by atoms with van der Waals surface area (Å²) in [5.74, 6) is 1.68. The molecule has 0 bridgehead atoms. The SMILES string of the molecule is Cc1cnn(CCCOc2cccc(CN3CCC[C@@](O)(COc4ccccc4)C3)c2)c1. The smallest absolute Gasteiger partial charge is 0.119 e. The molecule has 2 heterocycles. The first kappa shape index (κ1) is 22.4. The molecule has 1 fully saturated rings. The van der Waals surface area contributed by atoms with Gasteiger partial charge >= 0.3 is 0 Å². The Bertz CT molecular complexity index is 975. The number of nitrogens with zero attached hydrogens (tertiary/aromatic N) is 3. The van der Waals surface area contributed by atoms with Crippen LogP contribution < -0.4 is 9.47 Å². The van der Waals surface area contributed by atoms with Crippen molar-refractivity contribution in [1.29, 1.82) is 0 Å². The summed E-state index contributed by atoms with van der Waals surface area (Å²) in [6.07, 6.45) is 6.55. The molecule has 1 atom stereocenters. The first-order valence-electron chi connectivity index (χ1n) is 11.4. The van der Waals surface area contributed by atoms with Crippen molar-refractivity contribution >= 4 is 0 Å². The van der Waals surface area contributed by atoms with Crippen LogP contribution in [0.5, 0.6) is 11.5 Å². The highest BCUT2D eigenvalue weighted by Gasteiger charge is 2.34. The summed E-state index contributed by atoms with van der Waals surface area (Å²) in [6.45, 7) is 6.23. The maximum absolute atomic E-state index is 11.1. The van der Waals surface area contributed by atoms with Crippen molar-refractivity contribution in [3.8, 4) is 11.5 Å². The van der Waals surface area contributed by atoms with Crippen molar-refractivity contribution < 1.29 is 14.6 Å². The summed E-state index contributed by atoms with van der Waals surface area (Å²) in [5.41, 5.74) is 1.54. The fraction of sp³-hybridized carbons (Fsp3) is 0.423. The molecule has 6 heteroatoms. The molecule has 0 spiro atoms. The molecule has 3 aromatic rings. The van der Waals surface area contributed by atoms with E-state index < -0.39 is 5.60 Å². The van der Waals surface area contributed by atoms with E-state index in [-0.39, 0.29) is 0 Å². The van der Waals surface area contributed by atoms with Crippen LogP contribution in [-0.4, -0.2) is 51.7 Å². The Balaban J connectivity index is 1.25. The maximum Gasteiger partial charge on any atom is 0.119 e. The van der Waals surface area contributed by atoms with Crippen LogP contribution in [0.15, 0.2) is 67.0 Å². The average Bonchev–Trinajstić information content (AvgIpc) is 3.21. The fourth-order valence-corrected chi connectivity index (χ4v) is 4.19. The van der Waals surface area contributed by atoms with E-state index in [4.69, 9.17) is 9.47 Å². The van der Waals surface area contributed by atoms with Crippen LogP contribution in [0, 0.1) is 6.92 Å². The largest absolute Gasteiger partial charge is 0.494 e. The number of hydrogen-bond donors (Lipinski definition) is 1. The molecular weight excluding hydrogens is 402 g/mol. The number of rotatable bonds is 10. The summed E-state index contributed by atoms with van der Waals surface area (Å²) >= 11 is 0. The molecule has 1 N–H and O–H groups in total. The Hall–Kier alpha value is -2.83. The molecule has 1 aliphatic heterocycles. The topological polar surface area (TPSA) is 59.8 Å². The standard InChI is InChI=1S/C26H33N3O3/c1-22-17-27-29(18-22)14-7-15-31-25-11-5-8-23(16-25)19-28-13-6-12-26(30,20-28)21-32-24-9-3-2-4-10-24/h2-5,8-11,16-18,30H,6-7,12-15,19-21H2,1H3/t26-/m0/s1. The lowest BCUT2D eigenvalue weighted by Gasteiger charge is -2.39. The van der Waals surface area contributed by atoms with E-state index in [9.17, 15) is 5.11 Å². The Kier molecular flexibility index (Phi) is 7.45. The number of benzene rings is 2. The fourth-order valence-electron chi connectivity index (χ4n) is 4.19. The third-order valence-corrected chi connectivity index (χ3v) is 5.75. The number of piperidine rings is 1. The van der Waals surface area contributed by atoms with Crippen LogP contribution >= 0.6 is 0 Å². The highest BCUT2D eigenvalue weighted by Crippen LogP contribution is 2.25. The van der Waals surface area contributed by atoms with E-state index in [2.05, 4.69) is 22.1 Å². The van der Waals surface area contributed by atoms with Gasteiger partial charge < -0.3 is 14.6 Å². The Labute approximate surface area is 190 Å². The minimum absolute atomic E-state index is 0.312. The lowest BCUT2D eigenvalue weighted by atomic mass is 9.93. The van der Waals surface area contributed by atoms with E-state index >= 15 is 0 Å². The molecule has 32 heavy (non-hydrogen) atoms. The molecule has 2 aromatic carbocycles. The van der Waals surface area contributed by atoms with Crippen molar-refractivity contribution in [3.63, 3.8) is 0 Å². The highest BCUT2D eigenvalue weighted by molar-refractivity contribution is 5.28. The van der Waals surface area contributed by atoms with Crippen molar-refractivity contribution in [1.82, 2.24) is 14.7 Å². The van der Waals surface area contributed by atoms with Gasteiger partial charge in [0.25, 0.3) is 0 Å². The minimum atomic E-state index is -0.826. The third kappa shape index (κ3) is 6.58. The zero-order chi connectivity index (χ0) is 22.2. The summed E-state index contributed by atoms with van der Waals surface area (Å²) in [7, 11) is 0. The Morgan fingerprint density at radius 1 is 1.06 bits per heavy atom. The number of ether oxygens (including phenoxy) is 2. The Morgan fingerprint density at radius 2 is 1.91 bits per heavy atom. The molecule has 0 saturated carbocycles. The van der Waals surface area contributed by atoms with Crippen molar-refractivity contribution in [2.75, 3.05) is 26.3 Å². The number of β-amino-alcohol motifs (C(OH)–C–C–N with tert-alkyl or cyclic N) is 1. The zero-order valence-electron chi connectivity index (χ0n) is 18.8. The lowest BCUT2D eigenvalue weighted by molar-refractivity contribution is -0.0621. The molecule has 0 radical (unpaired) electrons.